The minimum atomic E-state index is 0.0324. The standard InChI is InChI=1S/C13H25N3O/c1-9(2)12-13(17)16(8-14-12)11-5-6-15(4)10(3)7-11/h9-12,14H,5-8H2,1-4H3. The fourth-order valence-electron chi connectivity index (χ4n) is 2.92. The van der Waals surface area contributed by atoms with Gasteiger partial charge in [0.1, 0.15) is 0 Å². The molecule has 98 valence electrons. The third kappa shape index (κ3) is 2.47. The van der Waals surface area contributed by atoms with Crippen molar-refractivity contribution >= 4 is 5.91 Å². The maximum atomic E-state index is 12.3. The van der Waals surface area contributed by atoms with Crippen LogP contribution in [0.2, 0.25) is 0 Å². The average molecular weight is 239 g/mol. The topological polar surface area (TPSA) is 35.6 Å². The second kappa shape index (κ2) is 4.94. The van der Waals surface area contributed by atoms with Crippen molar-refractivity contribution in [1.29, 1.82) is 0 Å². The molecule has 0 spiro atoms. The molecule has 2 heterocycles. The van der Waals surface area contributed by atoms with Crippen molar-refractivity contribution in [2.24, 2.45) is 5.92 Å². The fraction of sp³-hybridized carbons (Fsp3) is 0.923. The normalized spacial score (nSPS) is 35.9. The minimum absolute atomic E-state index is 0.0324. The van der Waals surface area contributed by atoms with Crippen molar-refractivity contribution in [3.63, 3.8) is 0 Å². The number of hydrogen-bond donors (Lipinski definition) is 1. The minimum Gasteiger partial charge on any atom is -0.325 e. The summed E-state index contributed by atoms with van der Waals surface area (Å²) in [5.74, 6) is 0.693. The number of nitrogens with zero attached hydrogens (tertiary/aromatic N) is 2. The van der Waals surface area contributed by atoms with Gasteiger partial charge in [0.25, 0.3) is 0 Å². The molecule has 0 bridgehead atoms. The summed E-state index contributed by atoms with van der Waals surface area (Å²) in [6.45, 7) is 8.30. The predicted molar refractivity (Wildman–Crippen MR) is 68.6 cm³/mol. The van der Waals surface area contributed by atoms with E-state index in [0.29, 0.717) is 23.9 Å². The number of likely N-dealkylation sites (tertiary alicyclic amines) is 1. The summed E-state index contributed by atoms with van der Waals surface area (Å²) >= 11 is 0. The molecule has 1 N–H and O–H groups in total. The molecule has 3 unspecified atom stereocenters. The molecule has 0 aromatic heterocycles. The second-order valence-electron chi connectivity index (χ2n) is 5.90. The van der Waals surface area contributed by atoms with Crippen LogP contribution in [0, 0.1) is 5.92 Å². The molecule has 2 rings (SSSR count). The molecule has 2 fully saturated rings. The first-order valence-corrected chi connectivity index (χ1v) is 6.74. The van der Waals surface area contributed by atoms with Crippen molar-refractivity contribution in [3.8, 4) is 0 Å². The highest BCUT2D eigenvalue weighted by molar-refractivity contribution is 5.84. The predicted octanol–water partition coefficient (Wildman–Crippen LogP) is 0.883. The highest BCUT2D eigenvalue weighted by atomic mass is 16.2. The first-order valence-electron chi connectivity index (χ1n) is 6.74. The molecule has 17 heavy (non-hydrogen) atoms. The maximum Gasteiger partial charge on any atom is 0.241 e. The Balaban J connectivity index is 1.98. The van der Waals surface area contributed by atoms with Crippen molar-refractivity contribution in [1.82, 2.24) is 15.1 Å². The van der Waals surface area contributed by atoms with Crippen LogP contribution >= 0.6 is 0 Å². The van der Waals surface area contributed by atoms with E-state index in [9.17, 15) is 4.79 Å². The van der Waals surface area contributed by atoms with E-state index in [1.165, 1.54) is 0 Å². The van der Waals surface area contributed by atoms with E-state index in [1.54, 1.807) is 0 Å². The van der Waals surface area contributed by atoms with Crippen LogP contribution in [0.15, 0.2) is 0 Å². The quantitative estimate of drug-likeness (QED) is 0.777. The van der Waals surface area contributed by atoms with Crippen LogP contribution in [-0.4, -0.2) is 54.1 Å². The molecule has 2 saturated heterocycles. The molecule has 0 saturated carbocycles. The van der Waals surface area contributed by atoms with Gasteiger partial charge in [0.2, 0.25) is 5.91 Å². The lowest BCUT2D eigenvalue weighted by Gasteiger charge is -2.39. The molecular formula is C13H25N3O. The summed E-state index contributed by atoms with van der Waals surface area (Å²) in [4.78, 5) is 16.7. The van der Waals surface area contributed by atoms with Crippen LogP contribution in [0.5, 0.6) is 0 Å². The molecule has 2 aliphatic heterocycles. The van der Waals surface area contributed by atoms with Gasteiger partial charge in [-0.3, -0.25) is 10.1 Å². The lowest BCUT2D eigenvalue weighted by atomic mass is 9.97. The number of rotatable bonds is 2. The number of nitrogens with one attached hydrogen (secondary N) is 1. The van der Waals surface area contributed by atoms with Gasteiger partial charge in [0, 0.05) is 18.6 Å². The van der Waals surface area contributed by atoms with Crippen molar-refractivity contribution in [2.75, 3.05) is 20.3 Å². The first kappa shape index (κ1) is 12.8. The Bertz CT molecular complexity index is 292. The smallest absolute Gasteiger partial charge is 0.241 e. The largest absolute Gasteiger partial charge is 0.325 e. The van der Waals surface area contributed by atoms with Crippen LogP contribution in [0.1, 0.15) is 33.6 Å². The summed E-state index contributed by atoms with van der Waals surface area (Å²) in [6, 6.07) is 1.05. The Kier molecular flexibility index (Phi) is 3.73. The van der Waals surface area contributed by atoms with E-state index in [1.807, 2.05) is 0 Å². The Morgan fingerprint density at radius 1 is 1.41 bits per heavy atom. The third-order valence-corrected chi connectivity index (χ3v) is 4.32. The van der Waals surface area contributed by atoms with Gasteiger partial charge in [-0.1, -0.05) is 13.8 Å². The number of amides is 1. The van der Waals surface area contributed by atoms with Crippen molar-refractivity contribution in [3.05, 3.63) is 0 Å². The van der Waals surface area contributed by atoms with E-state index in [2.05, 4.69) is 42.9 Å². The second-order valence-corrected chi connectivity index (χ2v) is 5.90. The van der Waals surface area contributed by atoms with Crippen LogP contribution in [0.3, 0.4) is 0 Å². The third-order valence-electron chi connectivity index (χ3n) is 4.32. The number of carbonyl (C=O) groups excluding carboxylic acids is 1. The van der Waals surface area contributed by atoms with Gasteiger partial charge < -0.3 is 9.80 Å². The zero-order chi connectivity index (χ0) is 12.6. The SMILES string of the molecule is CC(C)C1NCN(C2CCN(C)C(C)C2)C1=O. The Hall–Kier alpha value is -0.610. The molecule has 0 aliphatic carbocycles. The number of hydrogen-bond acceptors (Lipinski definition) is 3. The first-order chi connectivity index (χ1) is 8.00. The molecule has 2 aliphatic rings. The lowest BCUT2D eigenvalue weighted by molar-refractivity contribution is -0.132. The summed E-state index contributed by atoms with van der Waals surface area (Å²) < 4.78 is 0. The average Bonchev–Trinajstić information content (AvgIpc) is 2.64. The zero-order valence-electron chi connectivity index (χ0n) is 11.4. The monoisotopic (exact) mass is 239 g/mol. The zero-order valence-corrected chi connectivity index (χ0v) is 11.4. The van der Waals surface area contributed by atoms with Gasteiger partial charge in [-0.05, 0) is 32.7 Å². The van der Waals surface area contributed by atoms with E-state index >= 15 is 0 Å². The molecule has 0 aromatic carbocycles. The van der Waals surface area contributed by atoms with Crippen molar-refractivity contribution in [2.45, 2.75) is 51.7 Å². The van der Waals surface area contributed by atoms with E-state index in [4.69, 9.17) is 0 Å². The lowest BCUT2D eigenvalue weighted by Crippen LogP contribution is -2.49. The Morgan fingerprint density at radius 3 is 2.65 bits per heavy atom. The van der Waals surface area contributed by atoms with E-state index in [0.717, 1.165) is 26.1 Å². The van der Waals surface area contributed by atoms with E-state index < -0.39 is 0 Å². The fourth-order valence-corrected chi connectivity index (χ4v) is 2.92. The summed E-state index contributed by atoms with van der Waals surface area (Å²) in [7, 11) is 2.17. The molecule has 1 amide bonds. The molecular weight excluding hydrogens is 214 g/mol. The van der Waals surface area contributed by atoms with Gasteiger partial charge in [-0.2, -0.15) is 0 Å². The number of piperidine rings is 1. The van der Waals surface area contributed by atoms with Crippen LogP contribution in [-0.2, 0) is 4.79 Å². The van der Waals surface area contributed by atoms with Gasteiger partial charge in [0.05, 0.1) is 12.7 Å². The summed E-state index contributed by atoms with van der Waals surface area (Å²) in [6.07, 6.45) is 2.22. The summed E-state index contributed by atoms with van der Waals surface area (Å²) in [5, 5.41) is 3.34. The molecule has 0 radical (unpaired) electrons. The van der Waals surface area contributed by atoms with Crippen LogP contribution < -0.4 is 5.32 Å². The molecule has 3 atom stereocenters. The molecule has 0 aromatic rings. The summed E-state index contributed by atoms with van der Waals surface area (Å²) in [5.41, 5.74) is 0. The number of carbonyl (C=O) groups is 1. The van der Waals surface area contributed by atoms with Gasteiger partial charge in [-0.25, -0.2) is 0 Å². The highest BCUT2D eigenvalue weighted by Crippen LogP contribution is 2.24. The Labute approximate surface area is 104 Å². The van der Waals surface area contributed by atoms with Crippen molar-refractivity contribution < 1.29 is 4.79 Å². The van der Waals surface area contributed by atoms with Crippen LogP contribution in [0.4, 0.5) is 0 Å². The van der Waals surface area contributed by atoms with Gasteiger partial charge in [-0.15, -0.1) is 0 Å². The molecule has 4 heteroatoms. The molecule has 4 nitrogen and oxygen atoms in total. The van der Waals surface area contributed by atoms with E-state index in [-0.39, 0.29) is 6.04 Å². The van der Waals surface area contributed by atoms with Gasteiger partial charge in [0.15, 0.2) is 0 Å². The maximum absolute atomic E-state index is 12.3. The Morgan fingerprint density at radius 2 is 2.12 bits per heavy atom. The van der Waals surface area contributed by atoms with Crippen LogP contribution in [0.25, 0.3) is 0 Å². The highest BCUT2D eigenvalue weighted by Gasteiger charge is 2.38. The van der Waals surface area contributed by atoms with Gasteiger partial charge >= 0.3 is 0 Å².